The van der Waals surface area contributed by atoms with E-state index in [0.29, 0.717) is 12.8 Å². The topological polar surface area (TPSA) is 171 Å². The van der Waals surface area contributed by atoms with Crippen LogP contribution in [-0.2, 0) is 29.0 Å². The van der Waals surface area contributed by atoms with Gasteiger partial charge in [-0.1, -0.05) is 72.1 Å². The van der Waals surface area contributed by atoms with E-state index in [0.717, 1.165) is 19.3 Å². The molecular formula is C39H53N5O7S. The molecule has 1 aromatic rings. The van der Waals surface area contributed by atoms with Gasteiger partial charge in [0.1, 0.15) is 12.1 Å². The fourth-order valence-corrected chi connectivity index (χ4v) is 9.72. The standard InChI is InChI=1S/C39H53N5O7S/c1-8-10-20-28(31(45)34(47)40-23-11-9-2)41-33(46)30-29-27(38(29,6)7)24-44(30)35(48)32(37(3,4)5)42-36(49)43-39(21-16-13-17-22-39)25-52(50,51)26-18-14-12-15-19-26/h1-2,12,14-15,18-19,27-30,32H,10-11,13,16-17,20-25H2,3-7H3,(H,40,47)(H,41,46)(H2,42,43,49)/t27?,28?,29-,30-,32+/m0/s1. The van der Waals surface area contributed by atoms with E-state index < -0.39 is 68.5 Å². The summed E-state index contributed by atoms with van der Waals surface area (Å²) < 4.78 is 27.0. The maximum Gasteiger partial charge on any atom is 0.315 e. The number of terminal acetylenes is 2. The van der Waals surface area contributed by atoms with E-state index in [2.05, 4.69) is 33.1 Å². The Balaban J connectivity index is 1.55. The Morgan fingerprint density at radius 3 is 2.19 bits per heavy atom. The van der Waals surface area contributed by atoms with E-state index in [9.17, 15) is 32.4 Å². The second-order valence-corrected chi connectivity index (χ2v) is 18.1. The fourth-order valence-electron chi connectivity index (χ4n) is 7.89. The molecule has 3 aliphatic rings. The number of nitrogens with one attached hydrogen (secondary N) is 4. The van der Waals surface area contributed by atoms with Crippen molar-refractivity contribution in [3.63, 3.8) is 0 Å². The molecule has 1 heterocycles. The van der Waals surface area contributed by atoms with Gasteiger partial charge in [0.05, 0.1) is 22.2 Å². The first-order valence-electron chi connectivity index (χ1n) is 18.0. The van der Waals surface area contributed by atoms with Crippen LogP contribution in [0.5, 0.6) is 0 Å². The number of amides is 5. The second kappa shape index (κ2) is 16.1. The predicted molar refractivity (Wildman–Crippen MR) is 197 cm³/mol. The zero-order chi connectivity index (χ0) is 38.5. The molecule has 1 aliphatic heterocycles. The molecule has 52 heavy (non-hydrogen) atoms. The maximum absolute atomic E-state index is 14.5. The molecule has 2 aliphatic carbocycles. The highest BCUT2D eigenvalue weighted by atomic mass is 32.2. The molecule has 13 heteroatoms. The van der Waals surface area contributed by atoms with Crippen LogP contribution >= 0.6 is 0 Å². The Morgan fingerprint density at radius 1 is 0.962 bits per heavy atom. The zero-order valence-electron chi connectivity index (χ0n) is 30.9. The summed E-state index contributed by atoms with van der Waals surface area (Å²) in [4.78, 5) is 69.8. The minimum atomic E-state index is -3.74. The number of benzene rings is 1. The van der Waals surface area contributed by atoms with E-state index in [1.807, 2.05) is 13.8 Å². The van der Waals surface area contributed by atoms with Crippen molar-refractivity contribution in [2.45, 2.75) is 115 Å². The summed E-state index contributed by atoms with van der Waals surface area (Å²) in [5.74, 6) is 1.52. The van der Waals surface area contributed by atoms with Crippen molar-refractivity contribution in [1.82, 2.24) is 26.2 Å². The predicted octanol–water partition coefficient (Wildman–Crippen LogP) is 2.97. The molecular weight excluding hydrogens is 683 g/mol. The summed E-state index contributed by atoms with van der Waals surface area (Å²) in [7, 11) is -3.74. The second-order valence-electron chi connectivity index (χ2n) is 16.1. The van der Waals surface area contributed by atoms with Gasteiger partial charge in [0, 0.05) is 25.9 Å². The van der Waals surface area contributed by atoms with Gasteiger partial charge in [0.2, 0.25) is 17.6 Å². The molecule has 0 spiro atoms. The van der Waals surface area contributed by atoms with E-state index in [1.54, 1.807) is 39.0 Å². The quantitative estimate of drug-likeness (QED) is 0.129. The summed E-state index contributed by atoms with van der Waals surface area (Å²) in [5.41, 5.74) is -2.10. The van der Waals surface area contributed by atoms with Gasteiger partial charge < -0.3 is 26.2 Å². The first kappa shape index (κ1) is 40.4. The lowest BCUT2D eigenvalue weighted by molar-refractivity contribution is -0.145. The zero-order valence-corrected chi connectivity index (χ0v) is 31.7. The van der Waals surface area contributed by atoms with Crippen LogP contribution in [0.3, 0.4) is 0 Å². The number of hydrogen-bond acceptors (Lipinski definition) is 7. The average molecular weight is 736 g/mol. The molecule has 2 unspecified atom stereocenters. The number of fused-ring (bicyclic) bond motifs is 1. The lowest BCUT2D eigenvalue weighted by Crippen LogP contribution is -2.63. The smallest absolute Gasteiger partial charge is 0.315 e. The van der Waals surface area contributed by atoms with Gasteiger partial charge in [0.25, 0.3) is 5.91 Å². The number of urea groups is 1. The van der Waals surface area contributed by atoms with Gasteiger partial charge in [-0.3, -0.25) is 19.2 Å². The highest BCUT2D eigenvalue weighted by molar-refractivity contribution is 7.91. The van der Waals surface area contributed by atoms with Gasteiger partial charge in [-0.2, -0.15) is 0 Å². The van der Waals surface area contributed by atoms with Gasteiger partial charge in [-0.05, 0) is 54.1 Å². The van der Waals surface area contributed by atoms with E-state index in [-0.39, 0.29) is 60.3 Å². The van der Waals surface area contributed by atoms with E-state index in [1.165, 1.54) is 17.0 Å². The molecule has 0 aromatic heterocycles. The molecule has 1 saturated heterocycles. The Bertz CT molecular complexity index is 1710. The Kier molecular flexibility index (Phi) is 12.5. The van der Waals surface area contributed by atoms with Crippen LogP contribution in [0.4, 0.5) is 4.79 Å². The number of ketones is 1. The molecule has 5 atom stereocenters. The van der Waals surface area contributed by atoms with Crippen molar-refractivity contribution in [1.29, 1.82) is 0 Å². The summed E-state index contributed by atoms with van der Waals surface area (Å²) >= 11 is 0. The average Bonchev–Trinajstić information content (AvgIpc) is 3.38. The molecule has 2 saturated carbocycles. The van der Waals surface area contributed by atoms with Crippen LogP contribution in [0.1, 0.15) is 86.0 Å². The fraction of sp³-hybridized carbons (Fsp3) is 0.615. The number of carbonyl (C=O) groups excluding carboxylic acids is 5. The summed E-state index contributed by atoms with van der Waals surface area (Å²) in [6.45, 7) is 9.80. The van der Waals surface area contributed by atoms with Crippen LogP contribution in [0.25, 0.3) is 0 Å². The number of Topliss-reactive ketones (excluding diaryl/α,β-unsaturated/α-hetero) is 1. The molecule has 12 nitrogen and oxygen atoms in total. The monoisotopic (exact) mass is 735 g/mol. The van der Waals surface area contributed by atoms with Crippen molar-refractivity contribution in [3.8, 4) is 24.7 Å². The highest BCUT2D eigenvalue weighted by Crippen LogP contribution is 2.65. The first-order chi connectivity index (χ1) is 24.4. The van der Waals surface area contributed by atoms with Gasteiger partial charge in [-0.25, -0.2) is 13.2 Å². The van der Waals surface area contributed by atoms with Crippen LogP contribution < -0.4 is 21.3 Å². The van der Waals surface area contributed by atoms with Crippen LogP contribution in [-0.4, -0.2) is 85.4 Å². The third-order valence-electron chi connectivity index (χ3n) is 10.9. The van der Waals surface area contributed by atoms with Gasteiger partial charge in [0.15, 0.2) is 9.84 Å². The normalized spacial score (nSPS) is 22.7. The molecule has 0 radical (unpaired) electrons. The molecule has 282 valence electrons. The lowest BCUT2D eigenvalue weighted by atomic mass is 9.83. The SMILES string of the molecule is C#CCCNC(=O)C(=O)C(CCC#C)NC(=O)[C@@H]1[C@@H]2C(CN1C(=O)[C@@H](NC(=O)NC1(CS(=O)(=O)c3ccccc3)CCCCC1)C(C)(C)C)C2(C)C. The number of nitrogens with zero attached hydrogens (tertiary/aromatic N) is 1. The largest absolute Gasteiger partial charge is 0.348 e. The third-order valence-corrected chi connectivity index (χ3v) is 12.8. The van der Waals surface area contributed by atoms with Crippen molar-refractivity contribution in [2.75, 3.05) is 18.8 Å². The number of likely N-dealkylation sites (tertiary alicyclic amines) is 1. The Hall–Kier alpha value is -4.36. The molecule has 4 N–H and O–H groups in total. The van der Waals surface area contributed by atoms with Gasteiger partial charge in [-0.15, -0.1) is 24.7 Å². The van der Waals surface area contributed by atoms with E-state index in [4.69, 9.17) is 12.8 Å². The number of hydrogen-bond donors (Lipinski definition) is 4. The summed E-state index contributed by atoms with van der Waals surface area (Å²) in [6.07, 6.45) is 14.4. The number of sulfone groups is 1. The van der Waals surface area contributed by atoms with Crippen molar-refractivity contribution in [3.05, 3.63) is 30.3 Å². The molecule has 1 aromatic carbocycles. The number of piperidine rings is 1. The number of rotatable bonds is 14. The summed E-state index contributed by atoms with van der Waals surface area (Å²) in [6, 6.07) is 4.20. The van der Waals surface area contributed by atoms with Crippen molar-refractivity contribution in [2.24, 2.45) is 22.7 Å². The highest BCUT2D eigenvalue weighted by Gasteiger charge is 2.70. The Labute approximate surface area is 308 Å². The Morgan fingerprint density at radius 2 is 1.60 bits per heavy atom. The molecule has 4 rings (SSSR count). The molecule has 5 amide bonds. The first-order valence-corrected chi connectivity index (χ1v) is 19.7. The molecule has 0 bridgehead atoms. The van der Waals surface area contributed by atoms with Crippen molar-refractivity contribution < 1.29 is 32.4 Å². The van der Waals surface area contributed by atoms with Crippen LogP contribution in [0, 0.1) is 47.4 Å². The molecule has 3 fully saturated rings. The minimum Gasteiger partial charge on any atom is -0.348 e. The van der Waals surface area contributed by atoms with E-state index >= 15 is 0 Å². The number of carbonyl (C=O) groups is 5. The lowest BCUT2D eigenvalue weighted by Gasteiger charge is -2.40. The van der Waals surface area contributed by atoms with Crippen LogP contribution in [0.15, 0.2) is 35.2 Å². The summed E-state index contributed by atoms with van der Waals surface area (Å²) in [5, 5.41) is 11.0. The van der Waals surface area contributed by atoms with Crippen molar-refractivity contribution >= 4 is 39.4 Å². The maximum atomic E-state index is 14.5. The van der Waals surface area contributed by atoms with Crippen LogP contribution in [0.2, 0.25) is 0 Å². The third kappa shape index (κ3) is 9.16. The van der Waals surface area contributed by atoms with Gasteiger partial charge >= 0.3 is 6.03 Å². The minimum absolute atomic E-state index is 0.00210.